The van der Waals surface area contributed by atoms with Crippen molar-refractivity contribution in [1.29, 1.82) is 0 Å². The molecule has 34 heavy (non-hydrogen) atoms. The number of fused-ring (bicyclic) bond motifs is 5. The molecule has 178 valence electrons. The number of nitrogens with zero attached hydrogens (tertiary/aromatic N) is 1. The van der Waals surface area contributed by atoms with E-state index in [4.69, 9.17) is 14.2 Å². The number of aromatic nitrogens is 1. The Balaban J connectivity index is 1.78. The summed E-state index contributed by atoms with van der Waals surface area (Å²) in [5, 5.41) is 1.16. The lowest BCUT2D eigenvalue weighted by atomic mass is 9.77. The van der Waals surface area contributed by atoms with E-state index in [1.807, 2.05) is 24.3 Å². The molecule has 2 aromatic rings. The highest BCUT2D eigenvalue weighted by molar-refractivity contribution is 5.97. The Morgan fingerprint density at radius 3 is 2.44 bits per heavy atom. The minimum absolute atomic E-state index is 0.0259. The van der Waals surface area contributed by atoms with Crippen LogP contribution in [0.3, 0.4) is 0 Å². The minimum atomic E-state index is -0.364. The van der Waals surface area contributed by atoms with Crippen molar-refractivity contribution in [1.82, 2.24) is 4.57 Å². The molecule has 1 fully saturated rings. The van der Waals surface area contributed by atoms with Gasteiger partial charge in [0.25, 0.3) is 0 Å². The van der Waals surface area contributed by atoms with Crippen LogP contribution in [0.1, 0.15) is 65.6 Å². The average molecular weight is 462 g/mol. The predicted octanol–water partition coefficient (Wildman–Crippen LogP) is 5.39. The summed E-state index contributed by atoms with van der Waals surface area (Å²) in [6.07, 6.45) is 14.4. The third kappa shape index (κ3) is 3.75. The SMILES string of the molecule is COC(=O)C1=CC2C=C(OC)C=CC2c2c(C3CCCCC3)c3ccc(C(=O)OC)cc3n2C1. The molecule has 1 aliphatic heterocycles. The summed E-state index contributed by atoms with van der Waals surface area (Å²) < 4.78 is 17.9. The molecule has 1 aromatic carbocycles. The summed E-state index contributed by atoms with van der Waals surface area (Å²) in [6.45, 7) is 0.396. The Morgan fingerprint density at radius 2 is 1.74 bits per heavy atom. The van der Waals surface area contributed by atoms with E-state index in [0.29, 0.717) is 23.6 Å². The molecule has 0 saturated heterocycles. The molecule has 0 bridgehead atoms. The van der Waals surface area contributed by atoms with Gasteiger partial charge in [-0.25, -0.2) is 9.59 Å². The molecule has 5 rings (SSSR count). The zero-order chi connectivity index (χ0) is 23.8. The third-order valence-electron chi connectivity index (χ3n) is 7.54. The smallest absolute Gasteiger partial charge is 0.337 e. The van der Waals surface area contributed by atoms with Crippen LogP contribution in [-0.4, -0.2) is 37.8 Å². The van der Waals surface area contributed by atoms with Crippen LogP contribution in [0.4, 0.5) is 0 Å². The lowest BCUT2D eigenvalue weighted by Crippen LogP contribution is -2.17. The molecule has 0 N–H and O–H groups in total. The van der Waals surface area contributed by atoms with Crippen LogP contribution in [-0.2, 0) is 25.5 Å². The van der Waals surface area contributed by atoms with Crippen molar-refractivity contribution in [2.24, 2.45) is 5.92 Å². The number of allylic oxidation sites excluding steroid dienone is 4. The second kappa shape index (κ2) is 9.16. The van der Waals surface area contributed by atoms with E-state index in [9.17, 15) is 9.59 Å². The van der Waals surface area contributed by atoms with Gasteiger partial charge in [0.2, 0.25) is 0 Å². The Labute approximate surface area is 199 Å². The van der Waals surface area contributed by atoms with E-state index in [2.05, 4.69) is 22.8 Å². The minimum Gasteiger partial charge on any atom is -0.497 e. The van der Waals surface area contributed by atoms with Crippen LogP contribution in [0, 0.1) is 5.92 Å². The van der Waals surface area contributed by atoms with Gasteiger partial charge >= 0.3 is 11.9 Å². The third-order valence-corrected chi connectivity index (χ3v) is 7.54. The maximum atomic E-state index is 12.8. The summed E-state index contributed by atoms with van der Waals surface area (Å²) >= 11 is 0. The molecule has 3 aliphatic rings. The molecule has 2 atom stereocenters. The number of hydrogen-bond donors (Lipinski definition) is 0. The summed E-state index contributed by atoms with van der Waals surface area (Å²) in [5.74, 6) is 0.585. The molecule has 6 nitrogen and oxygen atoms in total. The van der Waals surface area contributed by atoms with E-state index in [0.717, 1.165) is 29.5 Å². The van der Waals surface area contributed by atoms with Gasteiger partial charge in [-0.05, 0) is 48.6 Å². The lowest BCUT2D eigenvalue weighted by molar-refractivity contribution is -0.136. The maximum Gasteiger partial charge on any atom is 0.337 e. The van der Waals surface area contributed by atoms with Crippen LogP contribution < -0.4 is 0 Å². The van der Waals surface area contributed by atoms with E-state index in [-0.39, 0.29) is 23.8 Å². The number of esters is 2. The number of methoxy groups -OCH3 is 3. The molecule has 1 saturated carbocycles. The summed E-state index contributed by atoms with van der Waals surface area (Å²) in [5.41, 5.74) is 4.67. The Hall–Kier alpha value is -3.28. The average Bonchev–Trinajstić information content (AvgIpc) is 3.10. The second-order valence-corrected chi connectivity index (χ2v) is 9.36. The van der Waals surface area contributed by atoms with Crippen molar-refractivity contribution in [3.63, 3.8) is 0 Å². The standard InChI is InChI=1S/C28H31NO5/c1-32-21-10-12-22-19(14-21)13-20(28(31)34-3)16-29-24-15-18(27(30)33-2)9-11-23(24)25(26(22)29)17-7-5-4-6-8-17/h9-15,17,19,22H,4-8,16H2,1-3H3. The molecule has 2 unspecified atom stereocenters. The highest BCUT2D eigenvalue weighted by Gasteiger charge is 2.36. The predicted molar refractivity (Wildman–Crippen MR) is 130 cm³/mol. The van der Waals surface area contributed by atoms with Crippen LogP contribution >= 0.6 is 0 Å². The van der Waals surface area contributed by atoms with Crippen LogP contribution in [0.2, 0.25) is 0 Å². The Morgan fingerprint density at radius 1 is 0.971 bits per heavy atom. The normalized spacial score (nSPS) is 22.2. The molecule has 2 aliphatic carbocycles. The van der Waals surface area contributed by atoms with Crippen LogP contribution in [0.5, 0.6) is 0 Å². The number of ether oxygens (including phenoxy) is 3. The van der Waals surface area contributed by atoms with Gasteiger partial charge in [0.1, 0.15) is 5.76 Å². The number of benzene rings is 1. The van der Waals surface area contributed by atoms with Gasteiger partial charge in [-0.3, -0.25) is 0 Å². The Bertz CT molecular complexity index is 1230. The fourth-order valence-corrected chi connectivity index (χ4v) is 5.95. The molecule has 6 heteroatoms. The lowest BCUT2D eigenvalue weighted by Gasteiger charge is -2.28. The summed E-state index contributed by atoms with van der Waals surface area (Å²) in [4.78, 5) is 25.1. The zero-order valence-corrected chi connectivity index (χ0v) is 20.0. The quantitative estimate of drug-likeness (QED) is 0.571. The summed E-state index contributed by atoms with van der Waals surface area (Å²) in [6, 6.07) is 5.83. The second-order valence-electron chi connectivity index (χ2n) is 9.36. The van der Waals surface area contributed by atoms with Gasteiger partial charge < -0.3 is 18.8 Å². The molecule has 0 radical (unpaired) electrons. The van der Waals surface area contributed by atoms with Crippen molar-refractivity contribution >= 4 is 22.8 Å². The van der Waals surface area contributed by atoms with Crippen LogP contribution in [0.25, 0.3) is 10.9 Å². The van der Waals surface area contributed by atoms with Gasteiger partial charge in [-0.1, -0.05) is 37.5 Å². The first-order chi connectivity index (χ1) is 16.5. The molecular formula is C28H31NO5. The number of carbonyl (C=O) groups excluding carboxylic acids is 2. The van der Waals surface area contributed by atoms with Crippen molar-refractivity contribution < 1.29 is 23.8 Å². The first-order valence-electron chi connectivity index (χ1n) is 12.0. The first kappa shape index (κ1) is 22.5. The highest BCUT2D eigenvalue weighted by atomic mass is 16.5. The summed E-state index contributed by atoms with van der Waals surface area (Å²) in [7, 11) is 4.48. The molecule has 0 amide bonds. The monoisotopic (exact) mass is 461 g/mol. The largest absolute Gasteiger partial charge is 0.497 e. The van der Waals surface area contributed by atoms with E-state index in [1.165, 1.54) is 44.7 Å². The van der Waals surface area contributed by atoms with Crippen molar-refractivity contribution in [2.75, 3.05) is 21.3 Å². The fourth-order valence-electron chi connectivity index (χ4n) is 5.95. The van der Waals surface area contributed by atoms with Crippen molar-refractivity contribution in [2.45, 2.75) is 50.5 Å². The van der Waals surface area contributed by atoms with E-state index < -0.39 is 0 Å². The van der Waals surface area contributed by atoms with Gasteiger partial charge in [0.05, 0.1) is 39.0 Å². The maximum absolute atomic E-state index is 12.8. The zero-order valence-electron chi connectivity index (χ0n) is 20.0. The van der Waals surface area contributed by atoms with Crippen molar-refractivity contribution in [3.05, 3.63) is 70.7 Å². The fraction of sp³-hybridized carbons (Fsp3) is 0.429. The molecule has 0 spiro atoms. The highest BCUT2D eigenvalue weighted by Crippen LogP contribution is 2.47. The number of hydrogen-bond acceptors (Lipinski definition) is 5. The molecular weight excluding hydrogens is 430 g/mol. The van der Waals surface area contributed by atoms with Gasteiger partial charge in [0.15, 0.2) is 0 Å². The Kier molecular flexibility index (Phi) is 6.07. The number of rotatable bonds is 4. The van der Waals surface area contributed by atoms with E-state index in [1.54, 1.807) is 7.11 Å². The first-order valence-corrected chi connectivity index (χ1v) is 12.0. The molecule has 2 heterocycles. The number of carbonyl (C=O) groups is 2. The van der Waals surface area contributed by atoms with E-state index >= 15 is 0 Å². The van der Waals surface area contributed by atoms with Gasteiger partial charge in [-0.15, -0.1) is 0 Å². The topological polar surface area (TPSA) is 66.8 Å². The molecule has 1 aromatic heterocycles. The van der Waals surface area contributed by atoms with Crippen LogP contribution in [0.15, 0.2) is 53.8 Å². The van der Waals surface area contributed by atoms with Crippen molar-refractivity contribution in [3.8, 4) is 0 Å². The van der Waals surface area contributed by atoms with Gasteiger partial charge in [-0.2, -0.15) is 0 Å². The van der Waals surface area contributed by atoms with Gasteiger partial charge in [0, 0.05) is 28.4 Å².